The van der Waals surface area contributed by atoms with Crippen molar-refractivity contribution in [2.24, 2.45) is 5.73 Å². The molecule has 4 heteroatoms. The predicted molar refractivity (Wildman–Crippen MR) is 82.5 cm³/mol. The van der Waals surface area contributed by atoms with Gasteiger partial charge in [0.05, 0.1) is 12.7 Å². The lowest BCUT2D eigenvalue weighted by Gasteiger charge is -2.34. The van der Waals surface area contributed by atoms with E-state index in [-0.39, 0.29) is 0 Å². The Balaban J connectivity index is 1.87. The first-order valence-electron chi connectivity index (χ1n) is 7.52. The molecule has 112 valence electrons. The van der Waals surface area contributed by atoms with Gasteiger partial charge in [-0.1, -0.05) is 31.2 Å². The summed E-state index contributed by atoms with van der Waals surface area (Å²) in [5.74, 6) is 0. The van der Waals surface area contributed by atoms with Crippen molar-refractivity contribution in [3.8, 4) is 0 Å². The van der Waals surface area contributed by atoms with E-state index in [0.717, 1.165) is 39.3 Å². The molecule has 1 saturated heterocycles. The van der Waals surface area contributed by atoms with Crippen molar-refractivity contribution in [3.63, 3.8) is 0 Å². The number of likely N-dealkylation sites (N-methyl/N-ethyl adjacent to an activating group) is 2. The maximum atomic E-state index is 5.87. The second-order valence-corrected chi connectivity index (χ2v) is 5.56. The van der Waals surface area contributed by atoms with E-state index in [1.54, 1.807) is 0 Å². The van der Waals surface area contributed by atoms with Crippen LogP contribution in [0.25, 0.3) is 0 Å². The number of nitrogens with zero attached hydrogens (tertiary/aromatic N) is 2. The van der Waals surface area contributed by atoms with Crippen LogP contribution in [-0.4, -0.2) is 55.7 Å². The summed E-state index contributed by atoms with van der Waals surface area (Å²) in [6.45, 7) is 8.78. The zero-order chi connectivity index (χ0) is 14.4. The Morgan fingerprint density at radius 1 is 1.35 bits per heavy atom. The van der Waals surface area contributed by atoms with E-state index < -0.39 is 0 Å². The zero-order valence-electron chi connectivity index (χ0n) is 12.7. The first-order chi connectivity index (χ1) is 9.72. The summed E-state index contributed by atoms with van der Waals surface area (Å²) in [6.07, 6.45) is 0.318. The summed E-state index contributed by atoms with van der Waals surface area (Å²) >= 11 is 0. The van der Waals surface area contributed by atoms with E-state index >= 15 is 0 Å². The van der Waals surface area contributed by atoms with Gasteiger partial charge in [0.2, 0.25) is 0 Å². The number of rotatable bonds is 6. The highest BCUT2D eigenvalue weighted by Crippen LogP contribution is 2.12. The minimum atomic E-state index is 0.318. The van der Waals surface area contributed by atoms with Crippen LogP contribution in [0.1, 0.15) is 18.1 Å². The van der Waals surface area contributed by atoms with E-state index in [9.17, 15) is 0 Å². The van der Waals surface area contributed by atoms with E-state index in [1.807, 2.05) is 0 Å². The lowest BCUT2D eigenvalue weighted by molar-refractivity contribution is -0.0397. The molecule has 0 aliphatic carbocycles. The van der Waals surface area contributed by atoms with Gasteiger partial charge in [0.15, 0.2) is 0 Å². The van der Waals surface area contributed by atoms with E-state index in [1.165, 1.54) is 11.1 Å². The van der Waals surface area contributed by atoms with Crippen LogP contribution in [0.3, 0.4) is 0 Å². The van der Waals surface area contributed by atoms with Crippen molar-refractivity contribution in [3.05, 3.63) is 35.4 Å². The Labute approximate surface area is 122 Å². The van der Waals surface area contributed by atoms with Gasteiger partial charge in [-0.05, 0) is 24.7 Å². The molecule has 2 rings (SSSR count). The average Bonchev–Trinajstić information content (AvgIpc) is 2.48. The van der Waals surface area contributed by atoms with Crippen LogP contribution in [-0.2, 0) is 17.8 Å². The van der Waals surface area contributed by atoms with Crippen LogP contribution in [0.4, 0.5) is 0 Å². The Morgan fingerprint density at radius 2 is 2.10 bits per heavy atom. The van der Waals surface area contributed by atoms with E-state index in [2.05, 4.69) is 48.0 Å². The SMILES string of the molecule is CCN1CCOC(CN(C)Cc2ccccc2CN)C1. The van der Waals surface area contributed by atoms with Crippen LogP contribution >= 0.6 is 0 Å². The number of morpholine rings is 1. The quantitative estimate of drug-likeness (QED) is 0.851. The normalized spacial score (nSPS) is 20.5. The first kappa shape index (κ1) is 15.4. The third kappa shape index (κ3) is 4.28. The Bertz CT molecular complexity index is 410. The van der Waals surface area contributed by atoms with Crippen LogP contribution in [0.2, 0.25) is 0 Å². The molecule has 0 saturated carbocycles. The average molecular weight is 277 g/mol. The van der Waals surface area contributed by atoms with Gasteiger partial charge in [0.1, 0.15) is 0 Å². The smallest absolute Gasteiger partial charge is 0.0829 e. The van der Waals surface area contributed by atoms with Crippen molar-refractivity contribution < 1.29 is 4.74 Å². The maximum absolute atomic E-state index is 5.87. The van der Waals surface area contributed by atoms with Crippen LogP contribution in [0.15, 0.2) is 24.3 Å². The fourth-order valence-corrected chi connectivity index (χ4v) is 2.79. The summed E-state index contributed by atoms with van der Waals surface area (Å²) in [6, 6.07) is 8.41. The summed E-state index contributed by atoms with van der Waals surface area (Å²) < 4.78 is 5.87. The molecular formula is C16H27N3O. The molecule has 0 spiro atoms. The fraction of sp³-hybridized carbons (Fsp3) is 0.625. The minimum absolute atomic E-state index is 0.318. The summed E-state index contributed by atoms with van der Waals surface area (Å²) in [5.41, 5.74) is 8.35. The van der Waals surface area contributed by atoms with Gasteiger partial charge in [-0.3, -0.25) is 9.80 Å². The molecule has 0 aromatic heterocycles. The number of nitrogens with two attached hydrogens (primary N) is 1. The molecule has 1 unspecified atom stereocenters. The van der Waals surface area contributed by atoms with Gasteiger partial charge < -0.3 is 10.5 Å². The van der Waals surface area contributed by atoms with Crippen molar-refractivity contribution in [1.29, 1.82) is 0 Å². The van der Waals surface area contributed by atoms with Gasteiger partial charge in [-0.15, -0.1) is 0 Å². The van der Waals surface area contributed by atoms with Crippen LogP contribution in [0.5, 0.6) is 0 Å². The zero-order valence-corrected chi connectivity index (χ0v) is 12.7. The molecular weight excluding hydrogens is 250 g/mol. The number of hydrogen-bond donors (Lipinski definition) is 1. The largest absolute Gasteiger partial charge is 0.374 e. The Morgan fingerprint density at radius 3 is 2.80 bits per heavy atom. The summed E-state index contributed by atoms with van der Waals surface area (Å²) in [4.78, 5) is 4.79. The highest BCUT2D eigenvalue weighted by Gasteiger charge is 2.20. The number of benzene rings is 1. The van der Waals surface area contributed by atoms with Gasteiger partial charge in [-0.25, -0.2) is 0 Å². The molecule has 1 aromatic rings. The second-order valence-electron chi connectivity index (χ2n) is 5.56. The fourth-order valence-electron chi connectivity index (χ4n) is 2.79. The molecule has 1 aliphatic rings. The highest BCUT2D eigenvalue weighted by molar-refractivity contribution is 5.26. The summed E-state index contributed by atoms with van der Waals surface area (Å²) in [7, 11) is 2.15. The maximum Gasteiger partial charge on any atom is 0.0829 e. The molecule has 0 radical (unpaired) electrons. The number of ether oxygens (including phenoxy) is 1. The third-order valence-corrected chi connectivity index (χ3v) is 3.96. The van der Waals surface area contributed by atoms with Crippen molar-refractivity contribution in [2.75, 3.05) is 39.8 Å². The molecule has 2 N–H and O–H groups in total. The third-order valence-electron chi connectivity index (χ3n) is 3.96. The Hall–Kier alpha value is -0.940. The standard InChI is InChI=1S/C16H27N3O/c1-3-19-8-9-20-16(13-19)12-18(2)11-15-7-5-4-6-14(15)10-17/h4-7,16H,3,8-13,17H2,1-2H3. The first-order valence-corrected chi connectivity index (χ1v) is 7.52. The van der Waals surface area contributed by atoms with Crippen molar-refractivity contribution >= 4 is 0 Å². The predicted octanol–water partition coefficient (Wildman–Crippen LogP) is 1.30. The lowest BCUT2D eigenvalue weighted by atomic mass is 10.1. The monoisotopic (exact) mass is 277 g/mol. The molecule has 20 heavy (non-hydrogen) atoms. The molecule has 1 heterocycles. The van der Waals surface area contributed by atoms with Crippen LogP contribution in [0, 0.1) is 0 Å². The van der Waals surface area contributed by atoms with Crippen molar-refractivity contribution in [1.82, 2.24) is 9.80 Å². The molecule has 1 fully saturated rings. The van der Waals surface area contributed by atoms with Gasteiger partial charge >= 0.3 is 0 Å². The molecule has 0 amide bonds. The Kier molecular flexibility index (Phi) is 5.98. The highest BCUT2D eigenvalue weighted by atomic mass is 16.5. The molecule has 4 nitrogen and oxygen atoms in total. The van der Waals surface area contributed by atoms with Gasteiger partial charge in [0.25, 0.3) is 0 Å². The lowest BCUT2D eigenvalue weighted by Crippen LogP contribution is -2.46. The molecule has 1 aliphatic heterocycles. The second kappa shape index (κ2) is 7.74. The minimum Gasteiger partial charge on any atom is -0.374 e. The van der Waals surface area contributed by atoms with E-state index in [4.69, 9.17) is 10.5 Å². The van der Waals surface area contributed by atoms with Crippen molar-refractivity contribution in [2.45, 2.75) is 26.1 Å². The topological polar surface area (TPSA) is 41.7 Å². The molecule has 1 atom stereocenters. The van der Waals surface area contributed by atoms with Crippen LogP contribution < -0.4 is 5.73 Å². The number of hydrogen-bond acceptors (Lipinski definition) is 4. The molecule has 1 aromatic carbocycles. The van der Waals surface area contributed by atoms with Gasteiger partial charge in [0, 0.05) is 32.7 Å². The molecule has 0 bridgehead atoms. The van der Waals surface area contributed by atoms with Gasteiger partial charge in [-0.2, -0.15) is 0 Å². The van der Waals surface area contributed by atoms with E-state index in [0.29, 0.717) is 12.6 Å². The summed E-state index contributed by atoms with van der Waals surface area (Å²) in [5, 5.41) is 0.